The third-order valence-corrected chi connectivity index (χ3v) is 3.36. The van der Waals surface area contributed by atoms with E-state index in [4.69, 9.17) is 14.3 Å². The van der Waals surface area contributed by atoms with Gasteiger partial charge in [0.1, 0.15) is 0 Å². The number of nitrogens with zero attached hydrogens (tertiary/aromatic N) is 1. The van der Waals surface area contributed by atoms with Crippen LogP contribution in [-0.4, -0.2) is 42.3 Å². The first-order valence-electron chi connectivity index (χ1n) is 6.66. The summed E-state index contributed by atoms with van der Waals surface area (Å²) in [5.74, 6) is -0.982. The average Bonchev–Trinajstić information content (AvgIpc) is 2.85. The second-order valence-electron chi connectivity index (χ2n) is 4.51. The lowest BCUT2D eigenvalue weighted by Gasteiger charge is -2.29. The van der Waals surface area contributed by atoms with Gasteiger partial charge in [-0.1, -0.05) is 13.8 Å². The molecule has 0 fully saturated rings. The molecule has 0 unspecified atom stereocenters. The van der Waals surface area contributed by atoms with Crippen LogP contribution in [0.3, 0.4) is 0 Å². The van der Waals surface area contributed by atoms with Crippen LogP contribution in [0.5, 0.6) is 0 Å². The Morgan fingerprint density at radius 1 is 1.47 bits per heavy atom. The van der Waals surface area contributed by atoms with E-state index >= 15 is 0 Å². The molecule has 5 heteroatoms. The summed E-state index contributed by atoms with van der Waals surface area (Å²) in [4.78, 5) is 13.3. The zero-order chi connectivity index (χ0) is 14.3. The second-order valence-corrected chi connectivity index (χ2v) is 4.51. The predicted octanol–water partition coefficient (Wildman–Crippen LogP) is 2.61. The van der Waals surface area contributed by atoms with Crippen LogP contribution in [-0.2, 0) is 11.3 Å². The Kier molecular flexibility index (Phi) is 6.59. The molecule has 0 amide bonds. The quantitative estimate of drug-likeness (QED) is 0.746. The highest BCUT2D eigenvalue weighted by Gasteiger charge is 2.20. The van der Waals surface area contributed by atoms with Gasteiger partial charge in [-0.05, 0) is 18.9 Å². The molecule has 1 N–H and O–H groups in total. The standard InChI is InChI=1S/C14H23NO4/c1-4-12(5-2)15(7-9-18-3)10-11-6-8-19-13(11)14(16)17/h6,8,12H,4-5,7,9-10H2,1-3H3,(H,16,17). The molecule has 1 aromatic heterocycles. The normalized spacial score (nSPS) is 11.4. The summed E-state index contributed by atoms with van der Waals surface area (Å²) in [6.45, 7) is 6.28. The van der Waals surface area contributed by atoms with Crippen LogP contribution in [0, 0.1) is 0 Å². The molecule has 0 aromatic carbocycles. The van der Waals surface area contributed by atoms with Gasteiger partial charge in [-0.3, -0.25) is 4.90 Å². The van der Waals surface area contributed by atoms with Crippen molar-refractivity contribution in [1.29, 1.82) is 0 Å². The molecule has 1 rings (SSSR count). The zero-order valence-corrected chi connectivity index (χ0v) is 11.9. The summed E-state index contributed by atoms with van der Waals surface area (Å²) >= 11 is 0. The van der Waals surface area contributed by atoms with Gasteiger partial charge >= 0.3 is 5.97 Å². The molecule has 0 bridgehead atoms. The number of aromatic carboxylic acids is 1. The van der Waals surface area contributed by atoms with Crippen molar-refractivity contribution in [1.82, 2.24) is 4.90 Å². The van der Waals surface area contributed by atoms with Crippen LogP contribution in [0.15, 0.2) is 16.7 Å². The first-order chi connectivity index (χ1) is 9.13. The summed E-state index contributed by atoms with van der Waals surface area (Å²) in [5.41, 5.74) is 0.718. The maximum atomic E-state index is 11.1. The minimum atomic E-state index is -1.02. The average molecular weight is 269 g/mol. The van der Waals surface area contributed by atoms with Crippen molar-refractivity contribution in [2.75, 3.05) is 20.3 Å². The Labute approximate surface area is 114 Å². The molecule has 19 heavy (non-hydrogen) atoms. The van der Waals surface area contributed by atoms with Gasteiger partial charge in [0, 0.05) is 31.8 Å². The van der Waals surface area contributed by atoms with E-state index in [9.17, 15) is 4.79 Å². The van der Waals surface area contributed by atoms with Gasteiger partial charge in [-0.25, -0.2) is 4.79 Å². The Morgan fingerprint density at radius 2 is 2.16 bits per heavy atom. The largest absolute Gasteiger partial charge is 0.475 e. The van der Waals surface area contributed by atoms with E-state index in [1.807, 2.05) is 0 Å². The van der Waals surface area contributed by atoms with E-state index in [1.165, 1.54) is 6.26 Å². The lowest BCUT2D eigenvalue weighted by Crippen LogP contribution is -2.36. The van der Waals surface area contributed by atoms with Crippen molar-refractivity contribution in [3.8, 4) is 0 Å². The molecule has 0 radical (unpaired) electrons. The highest BCUT2D eigenvalue weighted by atomic mass is 16.5. The van der Waals surface area contributed by atoms with Crippen molar-refractivity contribution in [3.63, 3.8) is 0 Å². The molecule has 0 saturated carbocycles. The second kappa shape index (κ2) is 7.96. The molecule has 5 nitrogen and oxygen atoms in total. The number of rotatable bonds is 9. The van der Waals surface area contributed by atoms with Crippen LogP contribution in [0.2, 0.25) is 0 Å². The van der Waals surface area contributed by atoms with Crippen LogP contribution < -0.4 is 0 Å². The lowest BCUT2D eigenvalue weighted by molar-refractivity contribution is 0.0655. The fourth-order valence-corrected chi connectivity index (χ4v) is 2.27. The minimum Gasteiger partial charge on any atom is -0.475 e. The lowest BCUT2D eigenvalue weighted by atomic mass is 10.1. The van der Waals surface area contributed by atoms with E-state index < -0.39 is 5.97 Å². The van der Waals surface area contributed by atoms with Crippen molar-refractivity contribution < 1.29 is 19.1 Å². The maximum Gasteiger partial charge on any atom is 0.372 e. The van der Waals surface area contributed by atoms with Gasteiger partial charge in [0.2, 0.25) is 5.76 Å². The van der Waals surface area contributed by atoms with Gasteiger partial charge in [0.05, 0.1) is 12.9 Å². The summed E-state index contributed by atoms with van der Waals surface area (Å²) in [5, 5.41) is 9.06. The summed E-state index contributed by atoms with van der Waals surface area (Å²) in [7, 11) is 1.67. The molecular weight excluding hydrogens is 246 g/mol. The molecule has 0 aliphatic rings. The zero-order valence-electron chi connectivity index (χ0n) is 11.9. The molecule has 0 aliphatic carbocycles. The van der Waals surface area contributed by atoms with Crippen molar-refractivity contribution in [2.45, 2.75) is 39.3 Å². The van der Waals surface area contributed by atoms with E-state index in [2.05, 4.69) is 18.7 Å². The van der Waals surface area contributed by atoms with E-state index in [-0.39, 0.29) is 5.76 Å². The number of ether oxygens (including phenoxy) is 1. The summed E-state index contributed by atoms with van der Waals surface area (Å²) in [6, 6.07) is 2.15. The number of carboxylic acids is 1. The Hall–Kier alpha value is -1.33. The van der Waals surface area contributed by atoms with Crippen LogP contribution in [0.4, 0.5) is 0 Å². The van der Waals surface area contributed by atoms with Crippen molar-refractivity contribution >= 4 is 5.97 Å². The number of furan rings is 1. The number of methoxy groups -OCH3 is 1. The molecule has 1 heterocycles. The molecule has 0 atom stereocenters. The molecule has 0 spiro atoms. The molecular formula is C14H23NO4. The molecule has 1 aromatic rings. The molecule has 0 aliphatic heterocycles. The number of hydrogen-bond acceptors (Lipinski definition) is 4. The van der Waals surface area contributed by atoms with Crippen molar-refractivity contribution in [3.05, 3.63) is 23.7 Å². The SMILES string of the molecule is CCC(CC)N(CCOC)Cc1ccoc1C(=O)O. The van der Waals surface area contributed by atoms with Gasteiger partial charge in [0.25, 0.3) is 0 Å². The predicted molar refractivity (Wildman–Crippen MR) is 72.3 cm³/mol. The smallest absolute Gasteiger partial charge is 0.372 e. The third-order valence-electron chi connectivity index (χ3n) is 3.36. The fourth-order valence-electron chi connectivity index (χ4n) is 2.27. The molecule has 0 saturated heterocycles. The molecule has 108 valence electrons. The first-order valence-corrected chi connectivity index (χ1v) is 6.66. The Morgan fingerprint density at radius 3 is 2.68 bits per heavy atom. The van der Waals surface area contributed by atoms with E-state index in [0.29, 0.717) is 19.2 Å². The summed E-state index contributed by atoms with van der Waals surface area (Å²) in [6.07, 6.45) is 3.49. The van der Waals surface area contributed by atoms with Gasteiger partial charge in [-0.2, -0.15) is 0 Å². The first kappa shape index (κ1) is 15.7. The third kappa shape index (κ3) is 4.36. The van der Waals surface area contributed by atoms with Gasteiger partial charge < -0.3 is 14.3 Å². The highest BCUT2D eigenvalue weighted by molar-refractivity contribution is 5.86. The van der Waals surface area contributed by atoms with E-state index in [0.717, 1.165) is 24.9 Å². The topological polar surface area (TPSA) is 62.9 Å². The maximum absolute atomic E-state index is 11.1. The van der Waals surface area contributed by atoms with Crippen LogP contribution >= 0.6 is 0 Å². The van der Waals surface area contributed by atoms with Gasteiger partial charge in [0.15, 0.2) is 0 Å². The Balaban J connectivity index is 2.80. The summed E-state index contributed by atoms with van der Waals surface area (Å²) < 4.78 is 10.1. The van der Waals surface area contributed by atoms with E-state index in [1.54, 1.807) is 13.2 Å². The number of carboxylic acid groups (broad SMARTS) is 1. The van der Waals surface area contributed by atoms with Crippen LogP contribution in [0.25, 0.3) is 0 Å². The minimum absolute atomic E-state index is 0.0355. The van der Waals surface area contributed by atoms with Crippen molar-refractivity contribution in [2.24, 2.45) is 0 Å². The van der Waals surface area contributed by atoms with Gasteiger partial charge in [-0.15, -0.1) is 0 Å². The fraction of sp³-hybridized carbons (Fsp3) is 0.643. The Bertz CT molecular complexity index is 385. The monoisotopic (exact) mass is 269 g/mol. The van der Waals surface area contributed by atoms with Crippen LogP contribution in [0.1, 0.15) is 42.8 Å². The number of carbonyl (C=O) groups is 1. The number of hydrogen-bond donors (Lipinski definition) is 1. The highest BCUT2D eigenvalue weighted by Crippen LogP contribution is 2.17.